The first-order valence-corrected chi connectivity index (χ1v) is 12.4. The van der Waals surface area contributed by atoms with E-state index in [4.69, 9.17) is 15.0 Å². The Morgan fingerprint density at radius 3 is 0.897 bits per heavy atom. The minimum absolute atomic E-state index is 0.484. The predicted octanol–water partition coefficient (Wildman–Crippen LogP) is 5.43. The second kappa shape index (κ2) is 9.64. The molecule has 9 nitrogen and oxygen atoms in total. The van der Waals surface area contributed by atoms with Crippen LogP contribution < -0.4 is 0 Å². The normalized spacial score (nSPS) is 11.1. The summed E-state index contributed by atoms with van der Waals surface area (Å²) in [6.45, 7) is 0. The van der Waals surface area contributed by atoms with Gasteiger partial charge in [0.15, 0.2) is 17.5 Å². The molecule has 0 N–H and O–H groups in total. The van der Waals surface area contributed by atoms with Crippen LogP contribution in [0.5, 0.6) is 0 Å². The molecule has 7 aromatic rings. The van der Waals surface area contributed by atoms with Crippen LogP contribution in [0.4, 0.5) is 0 Å². The van der Waals surface area contributed by atoms with Gasteiger partial charge in [-0.3, -0.25) is 0 Å². The molecule has 7 rings (SSSR count). The minimum Gasteiger partial charge on any atom is -0.230 e. The van der Waals surface area contributed by atoms with Crippen LogP contribution in [0, 0.1) is 0 Å². The standard InChI is InChI=1S/C30H21N9/c1-4-10-22(11-5-1)37-25(16-19-31-37)28-34-29(26-17-20-32-38(26)23-12-6-2-7-13-23)36-30(35-28)27-18-21-33-39(27)24-14-8-3-9-15-24/h1-21H. The average Bonchev–Trinajstić information content (AvgIpc) is 3.79. The number of rotatable bonds is 6. The van der Waals surface area contributed by atoms with E-state index < -0.39 is 0 Å². The lowest BCUT2D eigenvalue weighted by Crippen LogP contribution is -2.08. The van der Waals surface area contributed by atoms with Crippen molar-refractivity contribution in [2.75, 3.05) is 0 Å². The number of hydrogen-bond donors (Lipinski definition) is 0. The summed E-state index contributed by atoms with van der Waals surface area (Å²) in [5, 5.41) is 13.7. The molecule has 0 bridgehead atoms. The smallest absolute Gasteiger partial charge is 0.182 e. The van der Waals surface area contributed by atoms with Gasteiger partial charge < -0.3 is 0 Å². The molecule has 3 aromatic carbocycles. The van der Waals surface area contributed by atoms with E-state index in [1.165, 1.54) is 0 Å². The monoisotopic (exact) mass is 507 g/mol. The number of para-hydroxylation sites is 3. The fourth-order valence-electron chi connectivity index (χ4n) is 4.46. The third-order valence-corrected chi connectivity index (χ3v) is 6.25. The van der Waals surface area contributed by atoms with Gasteiger partial charge in [0.2, 0.25) is 0 Å². The zero-order valence-electron chi connectivity index (χ0n) is 20.6. The summed E-state index contributed by atoms with van der Waals surface area (Å²) in [6, 6.07) is 35.4. The highest BCUT2D eigenvalue weighted by atomic mass is 15.3. The Bertz CT molecular complexity index is 1620. The lowest BCUT2D eigenvalue weighted by Gasteiger charge is -2.12. The zero-order valence-corrected chi connectivity index (χ0v) is 20.6. The van der Waals surface area contributed by atoms with E-state index in [2.05, 4.69) is 15.3 Å². The summed E-state index contributed by atoms with van der Waals surface area (Å²) in [4.78, 5) is 14.8. The molecule has 0 unspecified atom stereocenters. The number of benzene rings is 3. The van der Waals surface area contributed by atoms with Crippen LogP contribution in [0.15, 0.2) is 128 Å². The van der Waals surface area contributed by atoms with Crippen molar-refractivity contribution in [1.29, 1.82) is 0 Å². The summed E-state index contributed by atoms with van der Waals surface area (Å²) < 4.78 is 5.48. The van der Waals surface area contributed by atoms with Gasteiger partial charge in [-0.05, 0) is 54.6 Å². The molecule has 0 amide bonds. The van der Waals surface area contributed by atoms with Crippen LogP contribution in [-0.4, -0.2) is 44.3 Å². The molecule has 0 aliphatic carbocycles. The maximum absolute atomic E-state index is 4.93. The Labute approximate surface area is 223 Å². The Kier molecular flexibility index (Phi) is 5.56. The number of hydrogen-bond acceptors (Lipinski definition) is 6. The summed E-state index contributed by atoms with van der Waals surface area (Å²) >= 11 is 0. The second-order valence-electron chi connectivity index (χ2n) is 8.70. The SMILES string of the molecule is c1ccc(-n2nccc2-c2nc(-c3ccnn3-c3ccccc3)nc(-c3ccnn3-c3ccccc3)n2)cc1. The first-order valence-electron chi connectivity index (χ1n) is 12.4. The van der Waals surface area contributed by atoms with Crippen LogP contribution in [-0.2, 0) is 0 Å². The van der Waals surface area contributed by atoms with Crippen molar-refractivity contribution in [3.8, 4) is 51.6 Å². The summed E-state index contributed by atoms with van der Waals surface area (Å²) in [7, 11) is 0. The first kappa shape index (κ1) is 22.5. The Morgan fingerprint density at radius 1 is 0.333 bits per heavy atom. The predicted molar refractivity (Wildman–Crippen MR) is 148 cm³/mol. The van der Waals surface area contributed by atoms with E-state index >= 15 is 0 Å². The lowest BCUT2D eigenvalue weighted by atomic mass is 10.2. The molecule has 9 heteroatoms. The van der Waals surface area contributed by atoms with Gasteiger partial charge in [-0.15, -0.1) is 0 Å². The lowest BCUT2D eigenvalue weighted by molar-refractivity contribution is 0.854. The van der Waals surface area contributed by atoms with Crippen LogP contribution >= 0.6 is 0 Å². The highest BCUT2D eigenvalue weighted by molar-refractivity contribution is 5.65. The first-order chi connectivity index (χ1) is 19.3. The molecular formula is C30H21N9. The van der Waals surface area contributed by atoms with E-state index in [0.717, 1.165) is 34.1 Å². The molecule has 186 valence electrons. The molecular weight excluding hydrogens is 486 g/mol. The fourth-order valence-corrected chi connectivity index (χ4v) is 4.46. The molecule has 0 radical (unpaired) electrons. The van der Waals surface area contributed by atoms with E-state index in [0.29, 0.717) is 17.5 Å². The topological polar surface area (TPSA) is 92.1 Å². The number of aromatic nitrogens is 9. The van der Waals surface area contributed by atoms with E-state index in [1.807, 2.05) is 123 Å². The van der Waals surface area contributed by atoms with Crippen molar-refractivity contribution in [2.24, 2.45) is 0 Å². The number of nitrogens with zero attached hydrogens (tertiary/aromatic N) is 9. The van der Waals surface area contributed by atoms with Gasteiger partial charge in [0.1, 0.15) is 17.1 Å². The summed E-state index contributed by atoms with van der Waals surface area (Å²) in [6.07, 6.45) is 5.23. The van der Waals surface area contributed by atoms with Crippen LogP contribution in [0.25, 0.3) is 51.6 Å². The van der Waals surface area contributed by atoms with E-state index in [9.17, 15) is 0 Å². The van der Waals surface area contributed by atoms with Crippen LogP contribution in [0.3, 0.4) is 0 Å². The third-order valence-electron chi connectivity index (χ3n) is 6.25. The van der Waals surface area contributed by atoms with Crippen molar-refractivity contribution in [2.45, 2.75) is 0 Å². The van der Waals surface area contributed by atoms with Crippen molar-refractivity contribution < 1.29 is 0 Å². The molecule has 0 spiro atoms. The molecule has 4 heterocycles. The molecule has 0 saturated carbocycles. The third kappa shape index (κ3) is 4.17. The average molecular weight is 508 g/mol. The summed E-state index contributed by atoms with van der Waals surface area (Å²) in [5.74, 6) is 1.45. The van der Waals surface area contributed by atoms with Gasteiger partial charge >= 0.3 is 0 Å². The molecule has 39 heavy (non-hydrogen) atoms. The molecule has 0 aliphatic rings. The quantitative estimate of drug-likeness (QED) is 0.298. The van der Waals surface area contributed by atoms with E-state index in [-0.39, 0.29) is 0 Å². The molecule has 0 atom stereocenters. The second-order valence-corrected chi connectivity index (χ2v) is 8.70. The van der Waals surface area contributed by atoms with Crippen molar-refractivity contribution in [3.05, 3.63) is 128 Å². The largest absolute Gasteiger partial charge is 0.230 e. The van der Waals surface area contributed by atoms with Gasteiger partial charge in [0, 0.05) is 0 Å². The molecule has 0 saturated heterocycles. The maximum atomic E-state index is 4.93. The highest BCUT2D eigenvalue weighted by Gasteiger charge is 2.20. The van der Waals surface area contributed by atoms with Crippen LogP contribution in [0.2, 0.25) is 0 Å². The Hall–Kier alpha value is -5.70. The molecule has 0 fully saturated rings. The highest BCUT2D eigenvalue weighted by Crippen LogP contribution is 2.28. The minimum atomic E-state index is 0.484. The summed E-state index contributed by atoms with van der Waals surface area (Å²) in [5.41, 5.74) is 4.94. The Morgan fingerprint density at radius 2 is 0.615 bits per heavy atom. The fraction of sp³-hybridized carbons (Fsp3) is 0. The zero-order chi connectivity index (χ0) is 26.0. The van der Waals surface area contributed by atoms with Crippen molar-refractivity contribution >= 4 is 0 Å². The van der Waals surface area contributed by atoms with Crippen molar-refractivity contribution in [1.82, 2.24) is 44.3 Å². The Balaban J connectivity index is 1.44. The maximum Gasteiger partial charge on any atom is 0.182 e. The van der Waals surface area contributed by atoms with Gasteiger partial charge in [0.05, 0.1) is 35.7 Å². The van der Waals surface area contributed by atoms with Gasteiger partial charge in [0.25, 0.3) is 0 Å². The van der Waals surface area contributed by atoms with Crippen LogP contribution in [0.1, 0.15) is 0 Å². The molecule has 4 aromatic heterocycles. The van der Waals surface area contributed by atoms with Crippen molar-refractivity contribution in [3.63, 3.8) is 0 Å². The van der Waals surface area contributed by atoms with E-state index in [1.54, 1.807) is 18.6 Å². The van der Waals surface area contributed by atoms with Gasteiger partial charge in [-0.2, -0.15) is 15.3 Å². The molecule has 0 aliphatic heterocycles. The van der Waals surface area contributed by atoms with Gasteiger partial charge in [-0.1, -0.05) is 54.6 Å². The van der Waals surface area contributed by atoms with Gasteiger partial charge in [-0.25, -0.2) is 29.0 Å².